The molecule has 1 heterocycles. The molecule has 0 saturated carbocycles. The zero-order chi connectivity index (χ0) is 15.2. The molecule has 0 atom stereocenters. The molecule has 1 aromatic carbocycles. The molecule has 0 saturated heterocycles. The third kappa shape index (κ3) is 3.90. The van der Waals surface area contributed by atoms with Gasteiger partial charge in [-0.3, -0.25) is 4.79 Å². The maximum atomic E-state index is 12.0. The van der Waals surface area contributed by atoms with Gasteiger partial charge in [0.1, 0.15) is 16.6 Å². The Morgan fingerprint density at radius 2 is 2.19 bits per heavy atom. The molecule has 0 spiro atoms. The number of aromatic nitrogens is 2. The van der Waals surface area contributed by atoms with Gasteiger partial charge in [0.15, 0.2) is 0 Å². The summed E-state index contributed by atoms with van der Waals surface area (Å²) in [6, 6.07) is 5.02. The summed E-state index contributed by atoms with van der Waals surface area (Å²) in [5.41, 5.74) is 1.28. The van der Waals surface area contributed by atoms with Gasteiger partial charge in [0.2, 0.25) is 0 Å². The van der Waals surface area contributed by atoms with E-state index in [1.807, 2.05) is 6.92 Å². The molecular formula is C14H14ClN3O3. The van der Waals surface area contributed by atoms with E-state index in [1.165, 1.54) is 12.4 Å². The van der Waals surface area contributed by atoms with E-state index in [9.17, 15) is 9.90 Å². The summed E-state index contributed by atoms with van der Waals surface area (Å²) in [4.78, 5) is 19.7. The minimum absolute atomic E-state index is 0.152. The Balaban J connectivity index is 2.15. The molecule has 1 amide bonds. The molecule has 0 aliphatic heterocycles. The van der Waals surface area contributed by atoms with Gasteiger partial charge in [0.25, 0.3) is 5.91 Å². The van der Waals surface area contributed by atoms with Gasteiger partial charge < -0.3 is 15.2 Å². The predicted molar refractivity (Wildman–Crippen MR) is 78.5 cm³/mol. The largest absolute Gasteiger partial charge is 0.494 e. The minimum Gasteiger partial charge on any atom is -0.494 e. The van der Waals surface area contributed by atoms with Crippen LogP contribution in [0.5, 0.6) is 5.75 Å². The second-order valence-electron chi connectivity index (χ2n) is 4.09. The summed E-state index contributed by atoms with van der Waals surface area (Å²) >= 11 is 5.62. The Hall–Kier alpha value is -2.18. The summed E-state index contributed by atoms with van der Waals surface area (Å²) < 4.78 is 5.38. The van der Waals surface area contributed by atoms with Crippen LogP contribution in [0.2, 0.25) is 5.15 Å². The van der Waals surface area contributed by atoms with Crippen molar-refractivity contribution in [3.8, 4) is 5.75 Å². The second-order valence-corrected chi connectivity index (χ2v) is 4.48. The maximum Gasteiger partial charge on any atom is 0.275 e. The summed E-state index contributed by atoms with van der Waals surface area (Å²) in [5, 5.41) is 12.2. The van der Waals surface area contributed by atoms with Gasteiger partial charge in [-0.05, 0) is 25.1 Å². The number of nitrogens with zero attached hydrogens (tertiary/aromatic N) is 2. The molecule has 2 aromatic rings. The number of anilines is 1. The normalized spacial score (nSPS) is 10.2. The van der Waals surface area contributed by atoms with Crippen molar-refractivity contribution in [2.75, 3.05) is 11.9 Å². The van der Waals surface area contributed by atoms with Crippen LogP contribution in [0.4, 0.5) is 5.69 Å². The van der Waals surface area contributed by atoms with Crippen LogP contribution in [-0.2, 0) is 6.61 Å². The van der Waals surface area contributed by atoms with Gasteiger partial charge in [0.05, 0.1) is 25.6 Å². The molecule has 110 valence electrons. The number of halogens is 1. The van der Waals surface area contributed by atoms with Crippen molar-refractivity contribution in [2.24, 2.45) is 0 Å². The Kier molecular flexibility index (Phi) is 5.08. The lowest BCUT2D eigenvalue weighted by Gasteiger charge is -2.11. The second kappa shape index (κ2) is 7.01. The van der Waals surface area contributed by atoms with Gasteiger partial charge in [0, 0.05) is 11.3 Å². The summed E-state index contributed by atoms with van der Waals surface area (Å²) in [7, 11) is 0. The highest BCUT2D eigenvalue weighted by Crippen LogP contribution is 2.23. The third-order valence-electron chi connectivity index (χ3n) is 2.64. The lowest BCUT2D eigenvalue weighted by molar-refractivity contribution is 0.102. The zero-order valence-corrected chi connectivity index (χ0v) is 12.1. The van der Waals surface area contributed by atoms with Gasteiger partial charge in [-0.1, -0.05) is 11.6 Å². The summed E-state index contributed by atoms with van der Waals surface area (Å²) in [6.07, 6.45) is 2.59. The van der Waals surface area contributed by atoms with Crippen molar-refractivity contribution in [1.82, 2.24) is 9.97 Å². The Labute approximate surface area is 126 Å². The number of hydrogen-bond acceptors (Lipinski definition) is 5. The van der Waals surface area contributed by atoms with Gasteiger partial charge >= 0.3 is 0 Å². The van der Waals surface area contributed by atoms with E-state index in [1.54, 1.807) is 18.2 Å². The molecule has 2 N–H and O–H groups in total. The van der Waals surface area contributed by atoms with Crippen molar-refractivity contribution < 1.29 is 14.6 Å². The van der Waals surface area contributed by atoms with Gasteiger partial charge in [-0.15, -0.1) is 0 Å². The van der Waals surface area contributed by atoms with Crippen LogP contribution < -0.4 is 10.1 Å². The molecule has 1 aromatic heterocycles. The van der Waals surface area contributed by atoms with Crippen LogP contribution in [-0.4, -0.2) is 27.6 Å². The highest BCUT2D eigenvalue weighted by molar-refractivity contribution is 6.29. The van der Waals surface area contributed by atoms with E-state index in [0.29, 0.717) is 23.6 Å². The topological polar surface area (TPSA) is 84.3 Å². The predicted octanol–water partition coefficient (Wildman–Crippen LogP) is 2.27. The third-order valence-corrected chi connectivity index (χ3v) is 2.84. The Morgan fingerprint density at radius 1 is 1.38 bits per heavy atom. The number of aliphatic hydroxyl groups is 1. The highest BCUT2D eigenvalue weighted by Gasteiger charge is 2.10. The first-order chi connectivity index (χ1) is 10.1. The number of ether oxygens (including phenoxy) is 1. The van der Waals surface area contributed by atoms with Crippen LogP contribution in [0.1, 0.15) is 23.0 Å². The number of hydrogen-bond donors (Lipinski definition) is 2. The van der Waals surface area contributed by atoms with E-state index >= 15 is 0 Å². The van der Waals surface area contributed by atoms with E-state index in [2.05, 4.69) is 15.3 Å². The molecule has 0 bridgehead atoms. The molecule has 0 aliphatic carbocycles. The van der Waals surface area contributed by atoms with Crippen LogP contribution in [0, 0.1) is 0 Å². The van der Waals surface area contributed by atoms with Crippen molar-refractivity contribution >= 4 is 23.2 Å². The average molecular weight is 308 g/mol. The first-order valence-corrected chi connectivity index (χ1v) is 6.67. The van der Waals surface area contributed by atoms with Gasteiger partial charge in [-0.25, -0.2) is 9.97 Å². The molecule has 0 fully saturated rings. The smallest absolute Gasteiger partial charge is 0.275 e. The summed E-state index contributed by atoms with van der Waals surface area (Å²) in [6.45, 7) is 2.18. The minimum atomic E-state index is -0.410. The molecule has 6 nitrogen and oxygen atoms in total. The lowest BCUT2D eigenvalue weighted by Crippen LogP contribution is -2.14. The van der Waals surface area contributed by atoms with Crippen molar-refractivity contribution in [2.45, 2.75) is 13.5 Å². The molecule has 0 radical (unpaired) electrons. The number of aliphatic hydroxyl groups excluding tert-OH is 1. The fourth-order valence-electron chi connectivity index (χ4n) is 1.70. The number of nitrogens with one attached hydrogen (secondary N) is 1. The van der Waals surface area contributed by atoms with Gasteiger partial charge in [-0.2, -0.15) is 0 Å². The number of rotatable bonds is 5. The van der Waals surface area contributed by atoms with E-state index in [4.69, 9.17) is 16.3 Å². The number of amides is 1. The Bertz CT molecular complexity index is 632. The molecule has 0 unspecified atom stereocenters. The van der Waals surface area contributed by atoms with E-state index < -0.39 is 5.91 Å². The quantitative estimate of drug-likeness (QED) is 0.885. The SMILES string of the molecule is CCOc1ccc(NC(=O)c2cnc(Cl)cn2)cc1CO. The van der Waals surface area contributed by atoms with Crippen molar-refractivity contribution in [1.29, 1.82) is 0 Å². The van der Waals surface area contributed by atoms with E-state index in [-0.39, 0.29) is 17.5 Å². The Morgan fingerprint density at radius 3 is 2.81 bits per heavy atom. The molecule has 0 aliphatic rings. The first-order valence-electron chi connectivity index (χ1n) is 6.29. The molecular weight excluding hydrogens is 294 g/mol. The van der Waals surface area contributed by atoms with Crippen LogP contribution >= 0.6 is 11.6 Å². The fourth-order valence-corrected chi connectivity index (χ4v) is 1.80. The lowest BCUT2D eigenvalue weighted by atomic mass is 10.2. The summed E-state index contributed by atoms with van der Waals surface area (Å²) in [5.74, 6) is 0.177. The van der Waals surface area contributed by atoms with Crippen LogP contribution in [0.25, 0.3) is 0 Å². The standard InChI is InChI=1S/C14H14ClN3O3/c1-2-21-12-4-3-10(5-9(12)8-19)18-14(20)11-6-17-13(15)7-16-11/h3-7,19H,2,8H2,1H3,(H,18,20). The highest BCUT2D eigenvalue weighted by atomic mass is 35.5. The maximum absolute atomic E-state index is 12.0. The van der Waals surface area contributed by atoms with Crippen LogP contribution in [0.3, 0.4) is 0 Å². The molecule has 21 heavy (non-hydrogen) atoms. The van der Waals surface area contributed by atoms with Crippen molar-refractivity contribution in [3.05, 3.63) is 47.0 Å². The van der Waals surface area contributed by atoms with Crippen LogP contribution in [0.15, 0.2) is 30.6 Å². The van der Waals surface area contributed by atoms with Crippen molar-refractivity contribution in [3.63, 3.8) is 0 Å². The molecule has 2 rings (SSSR count). The number of benzene rings is 1. The zero-order valence-electron chi connectivity index (χ0n) is 11.3. The fraction of sp³-hybridized carbons (Fsp3) is 0.214. The number of carbonyl (C=O) groups is 1. The molecule has 7 heteroatoms. The van der Waals surface area contributed by atoms with E-state index in [0.717, 1.165) is 0 Å². The monoisotopic (exact) mass is 307 g/mol. The number of carbonyl (C=O) groups excluding carboxylic acids is 1. The average Bonchev–Trinajstić information content (AvgIpc) is 2.49. The first kappa shape index (κ1) is 15.2.